The van der Waals surface area contributed by atoms with Gasteiger partial charge in [-0.15, -0.1) is 0 Å². The summed E-state index contributed by atoms with van der Waals surface area (Å²) in [5.74, 6) is 0.501. The van der Waals surface area contributed by atoms with Crippen LogP contribution in [0.3, 0.4) is 0 Å². The monoisotopic (exact) mass is 391 g/mol. The molecule has 0 amide bonds. The maximum Gasteiger partial charge on any atom is 0.300 e. The molecule has 0 bridgehead atoms. The zero-order chi connectivity index (χ0) is 20.7. The van der Waals surface area contributed by atoms with Crippen molar-refractivity contribution in [3.63, 3.8) is 0 Å². The van der Waals surface area contributed by atoms with Crippen LogP contribution in [-0.4, -0.2) is 14.8 Å². The topological polar surface area (TPSA) is 83.6 Å². The maximum atomic E-state index is 12.9. The third-order valence-electron chi connectivity index (χ3n) is 5.40. The molecule has 1 aliphatic rings. The van der Waals surface area contributed by atoms with Gasteiger partial charge in [0.25, 0.3) is 5.56 Å². The van der Waals surface area contributed by atoms with Crippen molar-refractivity contribution in [3.05, 3.63) is 100 Å². The lowest BCUT2D eigenvalue weighted by molar-refractivity contribution is 0.390. The Morgan fingerprint density at radius 1 is 0.967 bits per heavy atom. The lowest BCUT2D eigenvalue weighted by Crippen LogP contribution is -2.46. The highest BCUT2D eigenvalue weighted by Gasteiger charge is 2.37. The molecule has 3 aromatic carbocycles. The molecule has 30 heavy (non-hydrogen) atoms. The van der Waals surface area contributed by atoms with Gasteiger partial charge in [-0.3, -0.25) is 4.79 Å². The van der Waals surface area contributed by atoms with Crippen LogP contribution >= 0.6 is 0 Å². The minimum absolute atomic E-state index is 0.292. The molecule has 144 valence electrons. The van der Waals surface area contributed by atoms with E-state index < -0.39 is 5.66 Å². The zero-order valence-electron chi connectivity index (χ0n) is 16.2. The number of anilines is 1. The molecule has 1 N–H and O–H groups in total. The van der Waals surface area contributed by atoms with E-state index >= 15 is 0 Å². The summed E-state index contributed by atoms with van der Waals surface area (Å²) in [6, 6.07) is 26.5. The first-order valence-corrected chi connectivity index (χ1v) is 9.56. The van der Waals surface area contributed by atoms with Crippen LogP contribution in [-0.2, 0) is 5.66 Å². The van der Waals surface area contributed by atoms with Gasteiger partial charge in [-0.25, -0.2) is 4.68 Å². The van der Waals surface area contributed by atoms with Gasteiger partial charge in [0.15, 0.2) is 17.2 Å². The molecule has 0 radical (unpaired) electrons. The fraction of sp³-hybridized carbons (Fsp3) is 0.0833. The Kier molecular flexibility index (Phi) is 3.97. The van der Waals surface area contributed by atoms with Gasteiger partial charge in [0.05, 0.1) is 11.6 Å². The van der Waals surface area contributed by atoms with Crippen LogP contribution in [0.5, 0.6) is 0 Å². The highest BCUT2D eigenvalue weighted by Crippen LogP contribution is 2.39. The van der Waals surface area contributed by atoms with E-state index in [-0.39, 0.29) is 5.56 Å². The molecule has 1 aromatic heterocycles. The molecule has 4 aromatic rings. The first-order chi connectivity index (χ1) is 14.6. The predicted molar refractivity (Wildman–Crippen MR) is 115 cm³/mol. The van der Waals surface area contributed by atoms with Crippen molar-refractivity contribution in [2.75, 3.05) is 5.32 Å². The number of rotatable bonds is 2. The molecule has 1 aliphatic heterocycles. The van der Waals surface area contributed by atoms with Crippen molar-refractivity contribution in [1.29, 1.82) is 5.26 Å². The summed E-state index contributed by atoms with van der Waals surface area (Å²) in [4.78, 5) is 17.3. The fourth-order valence-electron chi connectivity index (χ4n) is 3.82. The van der Waals surface area contributed by atoms with Gasteiger partial charge in [-0.1, -0.05) is 54.6 Å². The van der Waals surface area contributed by atoms with E-state index in [2.05, 4.69) is 16.4 Å². The Labute approximate surface area is 173 Å². The molecule has 6 heteroatoms. The van der Waals surface area contributed by atoms with Crippen molar-refractivity contribution < 1.29 is 0 Å². The second kappa shape index (κ2) is 6.68. The van der Waals surface area contributed by atoms with Crippen molar-refractivity contribution in [3.8, 4) is 28.7 Å². The number of fused-ring (bicyclic) bond motifs is 3. The number of hydrogen-bond donors (Lipinski definition) is 1. The molecule has 6 nitrogen and oxygen atoms in total. The van der Waals surface area contributed by atoms with Crippen molar-refractivity contribution in [2.45, 2.75) is 12.6 Å². The van der Waals surface area contributed by atoms with Crippen LogP contribution in [0, 0.1) is 11.3 Å². The largest absolute Gasteiger partial charge is 0.357 e. The van der Waals surface area contributed by atoms with E-state index in [9.17, 15) is 4.79 Å². The minimum atomic E-state index is -0.804. The first kappa shape index (κ1) is 17.8. The number of benzene rings is 3. The predicted octanol–water partition coefficient (Wildman–Crippen LogP) is 3.99. The Bertz CT molecular complexity index is 1350. The maximum absolute atomic E-state index is 12.9. The third-order valence-corrected chi connectivity index (χ3v) is 5.40. The van der Waals surface area contributed by atoms with Crippen LogP contribution < -0.4 is 10.9 Å². The van der Waals surface area contributed by atoms with Crippen LogP contribution in [0.1, 0.15) is 18.1 Å². The van der Waals surface area contributed by atoms with E-state index in [0.29, 0.717) is 22.6 Å². The second-order valence-corrected chi connectivity index (χ2v) is 7.30. The summed E-state index contributed by atoms with van der Waals surface area (Å²) in [6.07, 6.45) is 0. The number of nitrogens with one attached hydrogen (secondary N) is 1. The Morgan fingerprint density at radius 2 is 1.67 bits per heavy atom. The van der Waals surface area contributed by atoms with Gasteiger partial charge in [0.1, 0.15) is 0 Å². The third kappa shape index (κ3) is 2.68. The second-order valence-electron chi connectivity index (χ2n) is 7.30. The molecule has 0 saturated carbocycles. The number of nitriles is 1. The first-order valence-electron chi connectivity index (χ1n) is 9.56. The Morgan fingerprint density at radius 3 is 2.40 bits per heavy atom. The van der Waals surface area contributed by atoms with Gasteiger partial charge in [-0.2, -0.15) is 15.3 Å². The fourth-order valence-corrected chi connectivity index (χ4v) is 3.82. The SMILES string of the molecule is C[C@]1(c2ccc(C#N)cc2)Nc2ccccc2-c2nc(=O)c(-c3ccccc3)nn21. The molecule has 0 saturated heterocycles. The molecular formula is C24H17N5O. The van der Waals surface area contributed by atoms with Crippen molar-refractivity contribution in [1.82, 2.24) is 14.8 Å². The lowest BCUT2D eigenvalue weighted by Gasteiger charge is -2.39. The molecule has 5 rings (SSSR count). The average molecular weight is 391 g/mol. The number of nitrogens with zero attached hydrogens (tertiary/aromatic N) is 4. The van der Waals surface area contributed by atoms with Crippen LogP contribution in [0.25, 0.3) is 22.6 Å². The summed E-state index contributed by atoms with van der Waals surface area (Å²) in [5, 5.41) is 17.5. The molecule has 0 aliphatic carbocycles. The molecular weight excluding hydrogens is 374 g/mol. The van der Waals surface area contributed by atoms with E-state index in [1.165, 1.54) is 0 Å². The molecule has 0 spiro atoms. The normalized spacial score (nSPS) is 16.7. The van der Waals surface area contributed by atoms with Crippen LogP contribution in [0.15, 0.2) is 83.7 Å². The molecule has 0 fully saturated rings. The number of aromatic nitrogens is 3. The highest BCUT2D eigenvalue weighted by molar-refractivity contribution is 5.77. The average Bonchev–Trinajstić information content (AvgIpc) is 2.79. The summed E-state index contributed by atoms with van der Waals surface area (Å²) < 4.78 is 1.76. The van der Waals surface area contributed by atoms with Crippen LogP contribution in [0.4, 0.5) is 5.69 Å². The smallest absolute Gasteiger partial charge is 0.300 e. The Hall–Kier alpha value is -4.24. The Balaban J connectivity index is 1.80. The van der Waals surface area contributed by atoms with Crippen LogP contribution in [0.2, 0.25) is 0 Å². The van der Waals surface area contributed by atoms with E-state index in [4.69, 9.17) is 10.4 Å². The van der Waals surface area contributed by atoms with Gasteiger partial charge >= 0.3 is 0 Å². The molecule has 2 heterocycles. The van der Waals surface area contributed by atoms with Crippen molar-refractivity contribution >= 4 is 5.69 Å². The van der Waals surface area contributed by atoms with Gasteiger partial charge in [0, 0.05) is 16.8 Å². The zero-order valence-corrected chi connectivity index (χ0v) is 16.2. The summed E-state index contributed by atoms with van der Waals surface area (Å²) in [6.45, 7) is 1.99. The summed E-state index contributed by atoms with van der Waals surface area (Å²) >= 11 is 0. The van der Waals surface area contributed by atoms with Crippen molar-refractivity contribution in [2.24, 2.45) is 0 Å². The molecule has 0 unspecified atom stereocenters. The molecule has 1 atom stereocenters. The van der Waals surface area contributed by atoms with Gasteiger partial charge < -0.3 is 5.32 Å². The van der Waals surface area contributed by atoms with Gasteiger partial charge in [0.2, 0.25) is 0 Å². The minimum Gasteiger partial charge on any atom is -0.357 e. The van der Waals surface area contributed by atoms with E-state index in [0.717, 1.165) is 16.8 Å². The summed E-state index contributed by atoms with van der Waals surface area (Å²) in [7, 11) is 0. The highest BCUT2D eigenvalue weighted by atomic mass is 16.1. The summed E-state index contributed by atoms with van der Waals surface area (Å²) in [5.41, 5.74) is 2.99. The standard InChI is InChI=1S/C24H17N5O/c1-24(18-13-11-16(15-25)12-14-18)27-20-10-6-5-9-19(20)22-26-23(30)21(28-29(22)24)17-7-3-2-4-8-17/h2-14,27H,1H3/t24-/m0/s1. The number of para-hydroxylation sites is 1. The van der Waals surface area contributed by atoms with Gasteiger partial charge in [-0.05, 0) is 36.8 Å². The lowest BCUT2D eigenvalue weighted by atomic mass is 9.95. The van der Waals surface area contributed by atoms with E-state index in [1.54, 1.807) is 16.8 Å². The van der Waals surface area contributed by atoms with E-state index in [1.807, 2.05) is 73.7 Å². The quantitative estimate of drug-likeness (QED) is 0.559. The number of hydrogen-bond acceptors (Lipinski definition) is 5.